The van der Waals surface area contributed by atoms with Crippen LogP contribution in [0.15, 0.2) is 30.5 Å². The molecule has 88 valence electrons. The number of hydrogen-bond donors (Lipinski definition) is 3. The summed E-state index contributed by atoms with van der Waals surface area (Å²) in [5.74, 6) is -0.912. The Hall–Kier alpha value is -1.55. The van der Waals surface area contributed by atoms with Crippen LogP contribution in [-0.2, 0) is 10.2 Å². The zero-order valence-electron chi connectivity index (χ0n) is 9.66. The van der Waals surface area contributed by atoms with Crippen LogP contribution >= 0.6 is 0 Å². The lowest BCUT2D eigenvalue weighted by Gasteiger charge is -2.23. The molecule has 0 saturated carbocycles. The summed E-state index contributed by atoms with van der Waals surface area (Å²) in [5.41, 5.74) is 1.18. The van der Waals surface area contributed by atoms with E-state index in [1.54, 1.807) is 6.08 Å². The molecule has 1 rings (SSSR count). The maximum atomic E-state index is 10.2. The molecular weight excluding hydrogens is 204 g/mol. The van der Waals surface area contributed by atoms with Gasteiger partial charge in [-0.15, -0.1) is 0 Å². The van der Waals surface area contributed by atoms with Crippen molar-refractivity contribution in [1.29, 1.82) is 0 Å². The summed E-state index contributed by atoms with van der Waals surface area (Å²) in [7, 11) is 0. The minimum absolute atomic E-state index is 0.0144. The summed E-state index contributed by atoms with van der Waals surface area (Å²) in [4.78, 5) is 13.4. The zero-order valence-corrected chi connectivity index (χ0v) is 9.66. The first kappa shape index (κ1) is 12.5. The number of nitrogens with one attached hydrogen (secondary N) is 2. The second-order valence-corrected chi connectivity index (χ2v) is 4.34. The molecule has 0 radical (unpaired) electrons. The molecule has 0 spiro atoms. The number of rotatable bonds is 6. The third-order valence-corrected chi connectivity index (χ3v) is 2.42. The van der Waals surface area contributed by atoms with Crippen LogP contribution in [0, 0.1) is 0 Å². The van der Waals surface area contributed by atoms with E-state index in [1.165, 1.54) is 5.69 Å². The lowest BCUT2D eigenvalue weighted by atomic mass is 9.89. The quantitative estimate of drug-likeness (QED) is 0.505. The van der Waals surface area contributed by atoms with Gasteiger partial charge in [0.05, 0.1) is 0 Å². The predicted octanol–water partition coefficient (Wildman–Crippen LogP) is 1.52. The molecule has 1 aromatic rings. The number of carboxylic acids is 1. The Balaban J connectivity index is 2.35. The van der Waals surface area contributed by atoms with Gasteiger partial charge in [0.25, 0.3) is 0 Å². The molecule has 0 unspecified atom stereocenters. The van der Waals surface area contributed by atoms with Crippen LogP contribution in [0.4, 0.5) is 0 Å². The third-order valence-electron chi connectivity index (χ3n) is 2.42. The van der Waals surface area contributed by atoms with E-state index in [9.17, 15) is 4.79 Å². The summed E-state index contributed by atoms with van der Waals surface area (Å²) >= 11 is 0. The molecule has 3 N–H and O–H groups in total. The molecule has 0 saturated heterocycles. The van der Waals surface area contributed by atoms with Crippen LogP contribution in [0.3, 0.4) is 0 Å². The second kappa shape index (κ2) is 5.51. The molecule has 1 aromatic heterocycles. The van der Waals surface area contributed by atoms with Crippen LogP contribution in [0.5, 0.6) is 0 Å². The Bertz CT molecular complexity index is 353. The molecule has 0 amide bonds. The fourth-order valence-electron chi connectivity index (χ4n) is 1.47. The Kier molecular flexibility index (Phi) is 4.31. The molecule has 0 bridgehead atoms. The molecule has 0 aromatic carbocycles. The van der Waals surface area contributed by atoms with Crippen LogP contribution in [0.25, 0.3) is 0 Å². The molecule has 0 aliphatic carbocycles. The number of H-pyrrole nitrogens is 1. The van der Waals surface area contributed by atoms with E-state index in [4.69, 9.17) is 5.11 Å². The van der Waals surface area contributed by atoms with Gasteiger partial charge in [-0.3, -0.25) is 0 Å². The highest BCUT2D eigenvalue weighted by molar-refractivity contribution is 5.79. The Morgan fingerprint density at radius 3 is 2.94 bits per heavy atom. The molecule has 16 heavy (non-hydrogen) atoms. The third kappa shape index (κ3) is 3.90. The minimum atomic E-state index is -0.912. The van der Waals surface area contributed by atoms with Crippen molar-refractivity contribution in [2.75, 3.05) is 13.1 Å². The van der Waals surface area contributed by atoms with E-state index in [1.807, 2.05) is 12.3 Å². The number of carboxylic acid groups (broad SMARTS) is 1. The van der Waals surface area contributed by atoms with Gasteiger partial charge in [-0.25, -0.2) is 4.79 Å². The van der Waals surface area contributed by atoms with E-state index in [-0.39, 0.29) is 5.41 Å². The molecular formula is C12H18N2O2. The van der Waals surface area contributed by atoms with Crippen molar-refractivity contribution in [2.24, 2.45) is 0 Å². The van der Waals surface area contributed by atoms with Crippen molar-refractivity contribution < 1.29 is 9.90 Å². The van der Waals surface area contributed by atoms with Crippen LogP contribution < -0.4 is 5.32 Å². The van der Waals surface area contributed by atoms with Gasteiger partial charge >= 0.3 is 5.97 Å². The van der Waals surface area contributed by atoms with Crippen molar-refractivity contribution in [3.8, 4) is 0 Å². The number of aliphatic carboxylic acids is 1. The normalized spacial score (nSPS) is 12.1. The van der Waals surface area contributed by atoms with Crippen molar-refractivity contribution in [3.05, 3.63) is 36.2 Å². The van der Waals surface area contributed by atoms with Gasteiger partial charge < -0.3 is 15.4 Å². The van der Waals surface area contributed by atoms with Gasteiger partial charge in [-0.2, -0.15) is 0 Å². The molecule has 0 atom stereocenters. The lowest BCUT2D eigenvalue weighted by Crippen LogP contribution is -2.33. The summed E-state index contributed by atoms with van der Waals surface area (Å²) in [6.07, 6.45) is 4.66. The number of carbonyl (C=O) groups is 1. The zero-order chi connectivity index (χ0) is 12.0. The topological polar surface area (TPSA) is 65.1 Å². The largest absolute Gasteiger partial charge is 0.478 e. The number of aromatic nitrogens is 1. The van der Waals surface area contributed by atoms with Gasteiger partial charge in [0, 0.05) is 36.5 Å². The average molecular weight is 222 g/mol. The smallest absolute Gasteiger partial charge is 0.328 e. The molecule has 0 aliphatic rings. The van der Waals surface area contributed by atoms with Gasteiger partial charge in [-0.1, -0.05) is 19.9 Å². The maximum Gasteiger partial charge on any atom is 0.328 e. The van der Waals surface area contributed by atoms with Crippen molar-refractivity contribution in [2.45, 2.75) is 19.3 Å². The standard InChI is InChI=1S/C12H18N2O2/c1-12(2,10-5-3-8-14-10)9-13-7-4-6-11(15)16/h3-6,8,13-14H,7,9H2,1-2H3,(H,15,16)/b6-4+. The van der Waals surface area contributed by atoms with Gasteiger partial charge in [-0.05, 0) is 12.1 Å². The first-order valence-corrected chi connectivity index (χ1v) is 5.26. The number of hydrogen-bond acceptors (Lipinski definition) is 2. The van der Waals surface area contributed by atoms with E-state index >= 15 is 0 Å². The second-order valence-electron chi connectivity index (χ2n) is 4.34. The minimum Gasteiger partial charge on any atom is -0.478 e. The van der Waals surface area contributed by atoms with Gasteiger partial charge in [0.2, 0.25) is 0 Å². The fraction of sp³-hybridized carbons (Fsp3) is 0.417. The van der Waals surface area contributed by atoms with Crippen molar-refractivity contribution in [3.63, 3.8) is 0 Å². The van der Waals surface area contributed by atoms with E-state index in [0.717, 1.165) is 12.6 Å². The maximum absolute atomic E-state index is 10.2. The van der Waals surface area contributed by atoms with Crippen LogP contribution in [-0.4, -0.2) is 29.1 Å². The number of aromatic amines is 1. The van der Waals surface area contributed by atoms with Gasteiger partial charge in [0.1, 0.15) is 0 Å². The highest BCUT2D eigenvalue weighted by atomic mass is 16.4. The molecule has 4 heteroatoms. The van der Waals surface area contributed by atoms with Crippen LogP contribution in [0.2, 0.25) is 0 Å². The van der Waals surface area contributed by atoms with E-state index in [0.29, 0.717) is 6.54 Å². The fourth-order valence-corrected chi connectivity index (χ4v) is 1.47. The lowest BCUT2D eigenvalue weighted by molar-refractivity contribution is -0.131. The van der Waals surface area contributed by atoms with E-state index in [2.05, 4.69) is 30.2 Å². The Labute approximate surface area is 95.4 Å². The molecule has 0 fully saturated rings. The summed E-state index contributed by atoms with van der Waals surface area (Å²) in [6.45, 7) is 5.62. The monoisotopic (exact) mass is 222 g/mol. The van der Waals surface area contributed by atoms with Gasteiger partial charge in [0.15, 0.2) is 0 Å². The summed E-state index contributed by atoms with van der Waals surface area (Å²) < 4.78 is 0. The van der Waals surface area contributed by atoms with Crippen molar-refractivity contribution in [1.82, 2.24) is 10.3 Å². The Morgan fingerprint density at radius 1 is 1.62 bits per heavy atom. The molecule has 0 aliphatic heterocycles. The van der Waals surface area contributed by atoms with Crippen molar-refractivity contribution >= 4 is 5.97 Å². The first-order valence-electron chi connectivity index (χ1n) is 5.26. The Morgan fingerprint density at radius 2 is 2.38 bits per heavy atom. The first-order chi connectivity index (χ1) is 7.52. The van der Waals surface area contributed by atoms with E-state index < -0.39 is 5.97 Å². The van der Waals surface area contributed by atoms with Crippen LogP contribution in [0.1, 0.15) is 19.5 Å². The highest BCUT2D eigenvalue weighted by Gasteiger charge is 2.20. The molecule has 4 nitrogen and oxygen atoms in total. The average Bonchev–Trinajstić information content (AvgIpc) is 2.69. The summed E-state index contributed by atoms with van der Waals surface area (Å²) in [5, 5.41) is 11.6. The molecule has 1 heterocycles. The SMILES string of the molecule is CC(C)(CNC/C=C/C(=O)O)c1ccc[nH]1. The predicted molar refractivity (Wildman–Crippen MR) is 63.5 cm³/mol. The summed E-state index contributed by atoms with van der Waals surface area (Å²) in [6, 6.07) is 4.02. The highest BCUT2D eigenvalue weighted by Crippen LogP contribution is 2.19.